The van der Waals surface area contributed by atoms with Crippen molar-refractivity contribution in [3.05, 3.63) is 22.2 Å². The average Bonchev–Trinajstić information content (AvgIpc) is 2.63. The molecule has 1 aromatic rings. The van der Waals surface area contributed by atoms with Gasteiger partial charge in [0.1, 0.15) is 0 Å². The number of hydrazone groups is 1. The van der Waals surface area contributed by atoms with Crippen LogP contribution >= 0.6 is 15.9 Å². The van der Waals surface area contributed by atoms with Crippen LogP contribution in [0.3, 0.4) is 0 Å². The van der Waals surface area contributed by atoms with Gasteiger partial charge in [-0.2, -0.15) is 5.10 Å². The summed E-state index contributed by atoms with van der Waals surface area (Å²) in [5.41, 5.74) is 3.26. The molecule has 0 aliphatic heterocycles. The Labute approximate surface area is 165 Å². The minimum atomic E-state index is -0.0750. The van der Waals surface area contributed by atoms with Crippen LogP contribution in [-0.2, 0) is 4.79 Å². The number of nitrogens with one attached hydrogen (secondary N) is 1. The van der Waals surface area contributed by atoms with E-state index in [2.05, 4.69) is 33.4 Å². The number of rotatable bonds is 13. The minimum absolute atomic E-state index is 0.0408. The number of unbranched alkanes of at least 4 members (excludes halogenated alkanes) is 8. The van der Waals surface area contributed by atoms with Crippen molar-refractivity contribution >= 4 is 28.1 Å². The monoisotopic (exact) mass is 426 g/mol. The van der Waals surface area contributed by atoms with Gasteiger partial charge in [-0.25, -0.2) is 5.43 Å². The van der Waals surface area contributed by atoms with E-state index in [1.54, 1.807) is 12.1 Å². The Bertz CT molecular complexity index is 576. The Hall–Kier alpha value is -1.56. The van der Waals surface area contributed by atoms with Gasteiger partial charge in [-0.05, 0) is 40.0 Å². The molecule has 1 amide bonds. The summed E-state index contributed by atoms with van der Waals surface area (Å²) in [4.78, 5) is 11.8. The summed E-state index contributed by atoms with van der Waals surface area (Å²) < 4.78 is 5.59. The minimum Gasteiger partial charge on any atom is -0.503 e. The maximum absolute atomic E-state index is 11.8. The zero-order chi connectivity index (χ0) is 19.2. The number of nitrogens with zero attached hydrogens (tertiary/aromatic N) is 1. The molecule has 0 aliphatic carbocycles. The Morgan fingerprint density at radius 1 is 1.15 bits per heavy atom. The molecule has 146 valence electrons. The largest absolute Gasteiger partial charge is 0.503 e. The van der Waals surface area contributed by atoms with Crippen molar-refractivity contribution in [1.82, 2.24) is 5.43 Å². The van der Waals surface area contributed by atoms with Crippen molar-refractivity contribution in [2.24, 2.45) is 5.10 Å². The summed E-state index contributed by atoms with van der Waals surface area (Å²) in [7, 11) is 1.48. The van der Waals surface area contributed by atoms with Crippen LogP contribution in [0.25, 0.3) is 0 Å². The molecule has 0 unspecified atom stereocenters. The molecular weight excluding hydrogens is 396 g/mol. The highest BCUT2D eigenvalue weighted by molar-refractivity contribution is 9.10. The van der Waals surface area contributed by atoms with Gasteiger partial charge in [0.05, 0.1) is 17.8 Å². The van der Waals surface area contributed by atoms with E-state index in [0.29, 0.717) is 16.6 Å². The summed E-state index contributed by atoms with van der Waals surface area (Å²) in [6, 6.07) is 3.35. The lowest BCUT2D eigenvalue weighted by Crippen LogP contribution is -2.16. The second-order valence-corrected chi connectivity index (χ2v) is 7.28. The predicted octanol–water partition coefficient (Wildman–Crippen LogP) is 5.53. The molecular formula is C20H31BrN2O3. The molecule has 0 atom stereocenters. The lowest BCUT2D eigenvalue weighted by atomic mass is 10.1. The molecule has 0 heterocycles. The van der Waals surface area contributed by atoms with E-state index in [4.69, 9.17) is 4.74 Å². The molecule has 0 spiro atoms. The number of carbonyl (C=O) groups is 1. The van der Waals surface area contributed by atoms with Gasteiger partial charge >= 0.3 is 0 Å². The van der Waals surface area contributed by atoms with E-state index in [-0.39, 0.29) is 11.7 Å². The predicted molar refractivity (Wildman–Crippen MR) is 110 cm³/mol. The molecule has 0 radical (unpaired) electrons. The van der Waals surface area contributed by atoms with E-state index >= 15 is 0 Å². The number of aromatic hydroxyl groups is 1. The Balaban J connectivity index is 2.18. The van der Waals surface area contributed by atoms with Crippen molar-refractivity contribution in [3.8, 4) is 11.5 Å². The van der Waals surface area contributed by atoms with E-state index in [9.17, 15) is 9.90 Å². The molecule has 0 bridgehead atoms. The number of hydrogen-bond donors (Lipinski definition) is 2. The molecule has 5 nitrogen and oxygen atoms in total. The lowest BCUT2D eigenvalue weighted by Gasteiger charge is -2.06. The third-order valence-electron chi connectivity index (χ3n) is 4.18. The van der Waals surface area contributed by atoms with Crippen molar-refractivity contribution < 1.29 is 14.6 Å². The van der Waals surface area contributed by atoms with Gasteiger partial charge in [-0.1, -0.05) is 58.3 Å². The standard InChI is InChI=1S/C20H31BrN2O3/c1-3-4-5-6-7-8-9-10-11-12-19(24)23-22-15-16-13-17(21)20(25)18(14-16)26-2/h13-15,25H,3-12H2,1-2H3,(H,23,24). The fraction of sp³-hybridized carbons (Fsp3) is 0.600. The van der Waals surface area contributed by atoms with Gasteiger partial charge in [0.15, 0.2) is 11.5 Å². The molecule has 6 heteroatoms. The molecule has 0 saturated heterocycles. The lowest BCUT2D eigenvalue weighted by molar-refractivity contribution is -0.121. The maximum Gasteiger partial charge on any atom is 0.240 e. The van der Waals surface area contributed by atoms with Crippen LogP contribution in [0.5, 0.6) is 11.5 Å². The van der Waals surface area contributed by atoms with Crippen LogP contribution in [0.4, 0.5) is 0 Å². The van der Waals surface area contributed by atoms with Gasteiger partial charge in [-0.3, -0.25) is 4.79 Å². The SMILES string of the molecule is CCCCCCCCCCCC(=O)NN=Cc1cc(Br)c(O)c(OC)c1. The van der Waals surface area contributed by atoms with Crippen LogP contribution in [0.2, 0.25) is 0 Å². The normalized spacial score (nSPS) is 11.0. The highest BCUT2D eigenvalue weighted by Gasteiger charge is 2.07. The summed E-state index contributed by atoms with van der Waals surface area (Å²) in [5, 5.41) is 13.7. The first-order valence-electron chi connectivity index (χ1n) is 9.46. The summed E-state index contributed by atoms with van der Waals surface area (Å²) in [6.45, 7) is 2.23. The first-order valence-corrected chi connectivity index (χ1v) is 10.3. The zero-order valence-electron chi connectivity index (χ0n) is 15.9. The third-order valence-corrected chi connectivity index (χ3v) is 4.79. The van der Waals surface area contributed by atoms with E-state index in [0.717, 1.165) is 18.4 Å². The van der Waals surface area contributed by atoms with E-state index in [1.165, 1.54) is 58.3 Å². The average molecular weight is 427 g/mol. The number of hydrogen-bond acceptors (Lipinski definition) is 4. The number of benzene rings is 1. The molecule has 0 fully saturated rings. The summed E-state index contributed by atoms with van der Waals surface area (Å²) >= 11 is 3.25. The Morgan fingerprint density at radius 2 is 1.77 bits per heavy atom. The number of phenols is 1. The number of methoxy groups -OCH3 is 1. The molecule has 0 aliphatic rings. The van der Waals surface area contributed by atoms with Crippen LogP contribution in [-0.4, -0.2) is 24.3 Å². The molecule has 0 aromatic heterocycles. The first kappa shape index (κ1) is 22.5. The highest BCUT2D eigenvalue weighted by atomic mass is 79.9. The molecule has 2 N–H and O–H groups in total. The van der Waals surface area contributed by atoms with Gasteiger partial charge in [0.2, 0.25) is 5.91 Å². The van der Waals surface area contributed by atoms with Crippen LogP contribution in [0.15, 0.2) is 21.7 Å². The maximum atomic E-state index is 11.8. The second kappa shape index (κ2) is 13.6. The number of ether oxygens (including phenoxy) is 1. The molecule has 0 saturated carbocycles. The van der Waals surface area contributed by atoms with Gasteiger partial charge in [0, 0.05) is 6.42 Å². The van der Waals surface area contributed by atoms with Crippen LogP contribution in [0, 0.1) is 0 Å². The van der Waals surface area contributed by atoms with E-state index < -0.39 is 0 Å². The summed E-state index contributed by atoms with van der Waals surface area (Å²) in [6.07, 6.45) is 13.1. The first-order chi connectivity index (χ1) is 12.6. The number of carbonyl (C=O) groups excluding carboxylic acids is 1. The fourth-order valence-electron chi connectivity index (χ4n) is 2.65. The second-order valence-electron chi connectivity index (χ2n) is 6.43. The van der Waals surface area contributed by atoms with Gasteiger partial charge in [-0.15, -0.1) is 0 Å². The third kappa shape index (κ3) is 9.22. The van der Waals surface area contributed by atoms with Crippen molar-refractivity contribution in [1.29, 1.82) is 0 Å². The number of halogens is 1. The molecule has 1 rings (SSSR count). The number of phenolic OH excluding ortho intramolecular Hbond substituents is 1. The van der Waals surface area contributed by atoms with Crippen molar-refractivity contribution in [3.63, 3.8) is 0 Å². The molecule has 1 aromatic carbocycles. The fourth-order valence-corrected chi connectivity index (χ4v) is 3.11. The van der Waals surface area contributed by atoms with Gasteiger partial charge < -0.3 is 9.84 Å². The van der Waals surface area contributed by atoms with Gasteiger partial charge in [0.25, 0.3) is 0 Å². The highest BCUT2D eigenvalue weighted by Crippen LogP contribution is 2.34. The quantitative estimate of drug-likeness (QED) is 0.247. The topological polar surface area (TPSA) is 70.9 Å². The van der Waals surface area contributed by atoms with Crippen molar-refractivity contribution in [2.45, 2.75) is 71.1 Å². The Kier molecular flexibility index (Phi) is 11.8. The summed E-state index contributed by atoms with van der Waals surface area (Å²) in [5.74, 6) is 0.315. The molecule has 26 heavy (non-hydrogen) atoms. The smallest absolute Gasteiger partial charge is 0.240 e. The Morgan fingerprint density at radius 3 is 2.38 bits per heavy atom. The van der Waals surface area contributed by atoms with Crippen LogP contribution < -0.4 is 10.2 Å². The number of amides is 1. The van der Waals surface area contributed by atoms with Crippen LogP contribution in [0.1, 0.15) is 76.7 Å². The zero-order valence-corrected chi connectivity index (χ0v) is 17.5. The van der Waals surface area contributed by atoms with Crippen molar-refractivity contribution in [2.75, 3.05) is 7.11 Å². The van der Waals surface area contributed by atoms with E-state index in [1.807, 2.05) is 0 Å².